The molecule has 0 unspecified atom stereocenters. The number of piperazine rings is 1. The number of sulfonamides is 1. The molecule has 1 saturated carbocycles. The molecule has 3 rings (SSSR count). The minimum absolute atomic E-state index is 0.222. The number of carbonyl (C=O) groups is 2. The van der Waals surface area contributed by atoms with E-state index in [0.29, 0.717) is 31.6 Å². The minimum atomic E-state index is -3.55. The Labute approximate surface area is 179 Å². The van der Waals surface area contributed by atoms with E-state index in [2.05, 4.69) is 22.5 Å². The smallest absolute Gasteiger partial charge is 0.250 e. The van der Waals surface area contributed by atoms with Crippen molar-refractivity contribution in [1.29, 1.82) is 0 Å². The molecule has 2 aliphatic rings. The summed E-state index contributed by atoms with van der Waals surface area (Å²) in [6, 6.07) is 6.28. The average molecular weight is 437 g/mol. The summed E-state index contributed by atoms with van der Waals surface area (Å²) in [5.41, 5.74) is -0.376. The maximum atomic E-state index is 13.0. The van der Waals surface area contributed by atoms with Crippen molar-refractivity contribution in [2.75, 3.05) is 38.0 Å². The quantitative estimate of drug-likeness (QED) is 0.708. The number of carbonyl (C=O) groups excluding carboxylic acids is 2. The van der Waals surface area contributed by atoms with Gasteiger partial charge in [-0.05, 0) is 43.7 Å². The van der Waals surface area contributed by atoms with Crippen molar-refractivity contribution in [2.45, 2.75) is 56.4 Å². The monoisotopic (exact) mass is 436 g/mol. The molecule has 9 heteroatoms. The van der Waals surface area contributed by atoms with Gasteiger partial charge in [0, 0.05) is 38.8 Å². The van der Waals surface area contributed by atoms with Gasteiger partial charge in [-0.1, -0.05) is 26.2 Å². The Morgan fingerprint density at radius 3 is 2.13 bits per heavy atom. The molecule has 30 heavy (non-hydrogen) atoms. The number of hydrogen-bond donors (Lipinski definition) is 2. The molecule has 0 aromatic heterocycles. The largest absolute Gasteiger partial charge is 0.342 e. The number of benzene rings is 1. The second-order valence-electron chi connectivity index (χ2n) is 8.14. The van der Waals surface area contributed by atoms with Crippen molar-refractivity contribution in [3.05, 3.63) is 24.3 Å². The number of rotatable bonds is 6. The molecular weight excluding hydrogens is 404 g/mol. The predicted octanol–water partition coefficient (Wildman–Crippen LogP) is 1.79. The van der Waals surface area contributed by atoms with Crippen LogP contribution in [0.5, 0.6) is 0 Å². The van der Waals surface area contributed by atoms with E-state index in [1.165, 1.54) is 23.4 Å². The van der Waals surface area contributed by atoms with E-state index in [-0.39, 0.29) is 16.7 Å². The van der Waals surface area contributed by atoms with Crippen LogP contribution in [-0.2, 0) is 19.6 Å². The van der Waals surface area contributed by atoms with Gasteiger partial charge >= 0.3 is 0 Å². The topological polar surface area (TPSA) is 98.8 Å². The van der Waals surface area contributed by atoms with E-state index in [1.54, 1.807) is 12.1 Å². The zero-order chi connectivity index (χ0) is 21.8. The molecule has 1 aliphatic carbocycles. The van der Waals surface area contributed by atoms with Crippen LogP contribution in [0.4, 0.5) is 5.69 Å². The summed E-state index contributed by atoms with van der Waals surface area (Å²) in [5.74, 6) is -0.472. The molecule has 8 nitrogen and oxygen atoms in total. The van der Waals surface area contributed by atoms with E-state index in [9.17, 15) is 18.0 Å². The van der Waals surface area contributed by atoms with Crippen LogP contribution in [0.15, 0.2) is 29.2 Å². The Kier molecular flexibility index (Phi) is 7.15. The highest BCUT2D eigenvalue weighted by molar-refractivity contribution is 7.89. The van der Waals surface area contributed by atoms with Crippen molar-refractivity contribution in [3.63, 3.8) is 0 Å². The molecule has 2 fully saturated rings. The first-order valence-electron chi connectivity index (χ1n) is 10.7. The average Bonchev–Trinajstić information content (AvgIpc) is 2.74. The first-order chi connectivity index (χ1) is 14.3. The standard InChI is InChI=1S/C21H32N4O4S/c1-3-24-13-15-25(16-14-24)30(28,29)19-9-7-18(8-10-19)22-20(27)21(23-17(2)26)11-5-4-6-12-21/h7-10H,3-6,11-16H2,1-2H3,(H,22,27)(H,23,26). The number of nitrogens with one attached hydrogen (secondary N) is 2. The zero-order valence-corrected chi connectivity index (χ0v) is 18.6. The highest BCUT2D eigenvalue weighted by Gasteiger charge is 2.40. The van der Waals surface area contributed by atoms with Crippen LogP contribution < -0.4 is 10.6 Å². The molecule has 0 spiro atoms. The third-order valence-electron chi connectivity index (χ3n) is 6.09. The summed E-state index contributed by atoms with van der Waals surface area (Å²) in [4.78, 5) is 27.1. The van der Waals surface area contributed by atoms with E-state index in [1.807, 2.05) is 0 Å². The SMILES string of the molecule is CCN1CCN(S(=O)(=O)c2ccc(NC(=O)C3(NC(C)=O)CCCCC3)cc2)CC1. The predicted molar refractivity (Wildman–Crippen MR) is 116 cm³/mol. The van der Waals surface area contributed by atoms with Gasteiger partial charge in [-0.15, -0.1) is 0 Å². The molecule has 1 heterocycles. The van der Waals surface area contributed by atoms with Crippen LogP contribution in [0.1, 0.15) is 46.0 Å². The van der Waals surface area contributed by atoms with E-state index < -0.39 is 15.6 Å². The Bertz CT molecular complexity index is 855. The van der Waals surface area contributed by atoms with Gasteiger partial charge in [-0.3, -0.25) is 9.59 Å². The van der Waals surface area contributed by atoms with Gasteiger partial charge in [0.2, 0.25) is 21.8 Å². The van der Waals surface area contributed by atoms with E-state index in [4.69, 9.17) is 0 Å². The first kappa shape index (κ1) is 22.7. The van der Waals surface area contributed by atoms with Crippen LogP contribution in [0.3, 0.4) is 0 Å². The molecule has 1 aliphatic heterocycles. The molecule has 2 amide bonds. The fourth-order valence-corrected chi connectivity index (χ4v) is 5.72. The lowest BCUT2D eigenvalue weighted by molar-refractivity contribution is -0.130. The summed E-state index contributed by atoms with van der Waals surface area (Å²) in [6.45, 7) is 6.83. The first-order valence-corrected chi connectivity index (χ1v) is 12.1. The van der Waals surface area contributed by atoms with Gasteiger partial charge in [-0.2, -0.15) is 4.31 Å². The number of nitrogens with zero attached hydrogens (tertiary/aromatic N) is 2. The molecule has 0 atom stereocenters. The Balaban J connectivity index is 1.69. The highest BCUT2D eigenvalue weighted by atomic mass is 32.2. The lowest BCUT2D eigenvalue weighted by Gasteiger charge is -2.36. The summed E-state index contributed by atoms with van der Waals surface area (Å²) in [6.07, 6.45) is 4.03. The summed E-state index contributed by atoms with van der Waals surface area (Å²) in [7, 11) is -3.55. The van der Waals surface area contributed by atoms with Gasteiger partial charge in [0.1, 0.15) is 5.54 Å². The Hall–Kier alpha value is -1.97. The number of amides is 2. The normalized spacial score (nSPS) is 20.5. The van der Waals surface area contributed by atoms with Gasteiger partial charge in [0.25, 0.3) is 0 Å². The number of hydrogen-bond acceptors (Lipinski definition) is 5. The van der Waals surface area contributed by atoms with Crippen molar-refractivity contribution in [3.8, 4) is 0 Å². The Morgan fingerprint density at radius 2 is 1.60 bits per heavy atom. The van der Waals surface area contributed by atoms with Crippen LogP contribution in [0.2, 0.25) is 0 Å². The summed E-state index contributed by atoms with van der Waals surface area (Å²) in [5, 5.41) is 5.71. The van der Waals surface area contributed by atoms with E-state index in [0.717, 1.165) is 38.9 Å². The van der Waals surface area contributed by atoms with Gasteiger partial charge in [0.15, 0.2) is 0 Å². The fraction of sp³-hybridized carbons (Fsp3) is 0.619. The third-order valence-corrected chi connectivity index (χ3v) is 8.00. The maximum absolute atomic E-state index is 13.0. The Morgan fingerprint density at radius 1 is 1.00 bits per heavy atom. The van der Waals surface area contributed by atoms with E-state index >= 15 is 0 Å². The molecule has 0 bridgehead atoms. The molecular formula is C21H32N4O4S. The maximum Gasteiger partial charge on any atom is 0.250 e. The fourth-order valence-electron chi connectivity index (χ4n) is 4.30. The zero-order valence-electron chi connectivity index (χ0n) is 17.8. The molecule has 1 saturated heterocycles. The minimum Gasteiger partial charge on any atom is -0.342 e. The van der Waals surface area contributed by atoms with Crippen LogP contribution in [0, 0.1) is 0 Å². The van der Waals surface area contributed by atoms with Gasteiger partial charge in [-0.25, -0.2) is 8.42 Å². The summed E-state index contributed by atoms with van der Waals surface area (Å²) >= 11 is 0. The third kappa shape index (κ3) is 5.01. The number of anilines is 1. The van der Waals surface area contributed by atoms with Crippen molar-refractivity contribution < 1.29 is 18.0 Å². The van der Waals surface area contributed by atoms with Gasteiger partial charge < -0.3 is 15.5 Å². The number of likely N-dealkylation sites (N-methyl/N-ethyl adjacent to an activating group) is 1. The van der Waals surface area contributed by atoms with Crippen LogP contribution in [-0.4, -0.2) is 67.7 Å². The highest BCUT2D eigenvalue weighted by Crippen LogP contribution is 2.30. The molecule has 1 aromatic rings. The van der Waals surface area contributed by atoms with Crippen LogP contribution in [0.25, 0.3) is 0 Å². The lowest BCUT2D eigenvalue weighted by atomic mass is 9.80. The van der Waals surface area contributed by atoms with Crippen molar-refractivity contribution in [1.82, 2.24) is 14.5 Å². The molecule has 166 valence electrons. The molecule has 1 aromatic carbocycles. The molecule has 0 radical (unpaired) electrons. The summed E-state index contributed by atoms with van der Waals surface area (Å²) < 4.78 is 27.3. The molecule has 2 N–H and O–H groups in total. The van der Waals surface area contributed by atoms with Crippen molar-refractivity contribution >= 4 is 27.5 Å². The second-order valence-corrected chi connectivity index (χ2v) is 10.1. The second kappa shape index (κ2) is 9.45. The lowest BCUT2D eigenvalue weighted by Crippen LogP contribution is -2.57. The van der Waals surface area contributed by atoms with Gasteiger partial charge in [0.05, 0.1) is 4.90 Å². The van der Waals surface area contributed by atoms with Crippen LogP contribution >= 0.6 is 0 Å². The van der Waals surface area contributed by atoms with Crippen molar-refractivity contribution in [2.24, 2.45) is 0 Å².